The van der Waals surface area contributed by atoms with Crippen LogP contribution in [-0.2, 0) is 4.79 Å². The molecular weight excluding hydrogens is 272 g/mol. The summed E-state index contributed by atoms with van der Waals surface area (Å²) in [6.45, 7) is 3.80. The predicted octanol–water partition coefficient (Wildman–Crippen LogP) is 2.68. The first-order valence-corrected chi connectivity index (χ1v) is 6.48. The Labute approximate surface area is 121 Å². The molecule has 21 heavy (non-hydrogen) atoms. The number of pyridine rings is 1. The summed E-state index contributed by atoms with van der Waals surface area (Å²) in [5, 5.41) is 19.0. The van der Waals surface area contributed by atoms with Crippen LogP contribution in [0.1, 0.15) is 37.0 Å². The summed E-state index contributed by atoms with van der Waals surface area (Å²) < 4.78 is 0. The Balaban J connectivity index is 2.34. The number of rotatable bonds is 3. The molecule has 0 radical (unpaired) electrons. The molecule has 0 fully saturated rings. The quantitative estimate of drug-likeness (QED) is 0.833. The fraction of sp³-hybridized carbons (Fsp3) is 0.333. The van der Waals surface area contributed by atoms with E-state index in [-0.39, 0.29) is 33.9 Å². The zero-order chi connectivity index (χ0) is 15.6. The van der Waals surface area contributed by atoms with Crippen molar-refractivity contribution < 1.29 is 19.8 Å². The molecule has 2 N–H and O–H groups in total. The summed E-state index contributed by atoms with van der Waals surface area (Å²) in [5.74, 6) is -1.37. The third-order valence-electron chi connectivity index (χ3n) is 3.23. The first kappa shape index (κ1) is 14.9. The SMILES string of the molecule is CC1(C)CC(=O)C(/C=N/c2ncccc2C(=O)O)=C(O)C1. The smallest absolute Gasteiger partial charge is 0.339 e. The van der Waals surface area contributed by atoms with Crippen LogP contribution < -0.4 is 0 Å². The van der Waals surface area contributed by atoms with E-state index in [0.29, 0.717) is 12.8 Å². The minimum absolute atomic E-state index is 0.00272. The topological polar surface area (TPSA) is 99.9 Å². The van der Waals surface area contributed by atoms with E-state index in [1.54, 1.807) is 0 Å². The fourth-order valence-corrected chi connectivity index (χ4v) is 2.24. The van der Waals surface area contributed by atoms with Crippen molar-refractivity contribution in [2.24, 2.45) is 10.4 Å². The largest absolute Gasteiger partial charge is 0.511 e. The van der Waals surface area contributed by atoms with Crippen LogP contribution in [0.5, 0.6) is 0 Å². The van der Waals surface area contributed by atoms with Crippen LogP contribution in [0.25, 0.3) is 0 Å². The Morgan fingerprint density at radius 2 is 2.14 bits per heavy atom. The third-order valence-corrected chi connectivity index (χ3v) is 3.23. The number of ketones is 1. The highest BCUT2D eigenvalue weighted by Gasteiger charge is 2.32. The zero-order valence-electron chi connectivity index (χ0n) is 11.8. The number of carbonyl (C=O) groups excluding carboxylic acids is 1. The van der Waals surface area contributed by atoms with Crippen molar-refractivity contribution in [2.45, 2.75) is 26.7 Å². The van der Waals surface area contributed by atoms with Gasteiger partial charge in [0.15, 0.2) is 11.6 Å². The Hall–Kier alpha value is -2.50. The molecule has 2 rings (SSSR count). The highest BCUT2D eigenvalue weighted by molar-refractivity contribution is 6.15. The van der Waals surface area contributed by atoms with Gasteiger partial charge < -0.3 is 10.2 Å². The van der Waals surface area contributed by atoms with Crippen LogP contribution in [0.3, 0.4) is 0 Å². The number of aromatic carboxylic acids is 1. The van der Waals surface area contributed by atoms with Crippen LogP contribution in [-0.4, -0.2) is 33.2 Å². The summed E-state index contributed by atoms with van der Waals surface area (Å²) in [4.78, 5) is 30.9. The molecule has 0 spiro atoms. The number of hydrogen-bond acceptors (Lipinski definition) is 5. The van der Waals surface area contributed by atoms with Gasteiger partial charge >= 0.3 is 5.97 Å². The van der Waals surface area contributed by atoms with E-state index >= 15 is 0 Å². The van der Waals surface area contributed by atoms with Crippen molar-refractivity contribution >= 4 is 23.8 Å². The molecule has 0 aliphatic heterocycles. The van der Waals surface area contributed by atoms with Crippen LogP contribution >= 0.6 is 0 Å². The second-order valence-electron chi connectivity index (χ2n) is 5.74. The minimum Gasteiger partial charge on any atom is -0.511 e. The number of Topliss-reactive ketones (excluding diaryl/α,β-unsaturated/α-hetero) is 1. The number of carbonyl (C=O) groups is 2. The van der Waals surface area contributed by atoms with Crippen molar-refractivity contribution in [3.05, 3.63) is 35.2 Å². The average Bonchev–Trinajstić information content (AvgIpc) is 2.36. The monoisotopic (exact) mass is 288 g/mol. The lowest BCUT2D eigenvalue weighted by Crippen LogP contribution is -2.26. The Morgan fingerprint density at radius 1 is 1.43 bits per heavy atom. The molecule has 6 heteroatoms. The number of aliphatic hydroxyl groups is 1. The van der Waals surface area contributed by atoms with Crippen LogP contribution in [0.2, 0.25) is 0 Å². The number of carboxylic acids is 1. The normalized spacial score (nSPS) is 18.3. The van der Waals surface area contributed by atoms with Crippen molar-refractivity contribution in [3.63, 3.8) is 0 Å². The van der Waals surface area contributed by atoms with Gasteiger partial charge in [-0.1, -0.05) is 13.8 Å². The van der Waals surface area contributed by atoms with E-state index < -0.39 is 5.97 Å². The van der Waals surface area contributed by atoms with E-state index in [4.69, 9.17) is 5.11 Å². The van der Waals surface area contributed by atoms with Gasteiger partial charge in [-0.3, -0.25) is 4.79 Å². The lowest BCUT2D eigenvalue weighted by molar-refractivity contribution is -0.117. The van der Waals surface area contributed by atoms with Crippen molar-refractivity contribution in [2.75, 3.05) is 0 Å². The van der Waals surface area contributed by atoms with E-state index in [1.165, 1.54) is 24.5 Å². The predicted molar refractivity (Wildman–Crippen MR) is 77.0 cm³/mol. The van der Waals surface area contributed by atoms with Crippen LogP contribution in [0.4, 0.5) is 5.82 Å². The van der Waals surface area contributed by atoms with E-state index in [2.05, 4.69) is 9.98 Å². The molecule has 0 amide bonds. The van der Waals surface area contributed by atoms with Gasteiger partial charge in [0.1, 0.15) is 11.3 Å². The van der Waals surface area contributed by atoms with Crippen LogP contribution in [0.15, 0.2) is 34.7 Å². The molecular formula is C15H16N2O4. The number of aromatic nitrogens is 1. The lowest BCUT2D eigenvalue weighted by atomic mass is 9.77. The Morgan fingerprint density at radius 3 is 2.76 bits per heavy atom. The summed E-state index contributed by atoms with van der Waals surface area (Å²) in [6, 6.07) is 2.87. The van der Waals surface area contributed by atoms with Gasteiger partial charge in [-0.15, -0.1) is 0 Å². The van der Waals surface area contributed by atoms with Crippen LogP contribution in [0, 0.1) is 5.41 Å². The molecule has 0 unspecified atom stereocenters. The fourth-order valence-electron chi connectivity index (χ4n) is 2.24. The molecule has 1 aliphatic carbocycles. The number of allylic oxidation sites excluding steroid dienone is 2. The van der Waals surface area contributed by atoms with Gasteiger partial charge in [0.25, 0.3) is 0 Å². The van der Waals surface area contributed by atoms with E-state index in [0.717, 1.165) is 0 Å². The summed E-state index contributed by atoms with van der Waals surface area (Å²) >= 11 is 0. The van der Waals surface area contributed by atoms with E-state index in [9.17, 15) is 14.7 Å². The molecule has 0 bridgehead atoms. The Bertz CT molecular complexity index is 659. The molecule has 1 heterocycles. The van der Waals surface area contributed by atoms with Gasteiger partial charge in [0.05, 0.1) is 5.57 Å². The van der Waals surface area contributed by atoms with Gasteiger partial charge in [-0.2, -0.15) is 0 Å². The maximum Gasteiger partial charge on any atom is 0.339 e. The summed E-state index contributed by atoms with van der Waals surface area (Å²) in [6.07, 6.45) is 3.31. The molecule has 1 aromatic rings. The van der Waals surface area contributed by atoms with Gasteiger partial charge in [0, 0.05) is 25.3 Å². The number of carboxylic acid groups (broad SMARTS) is 1. The zero-order valence-corrected chi connectivity index (χ0v) is 11.8. The van der Waals surface area contributed by atoms with Crippen molar-refractivity contribution in [3.8, 4) is 0 Å². The second kappa shape index (κ2) is 5.47. The summed E-state index contributed by atoms with van der Waals surface area (Å²) in [7, 11) is 0. The molecule has 1 aliphatic rings. The average molecular weight is 288 g/mol. The second-order valence-corrected chi connectivity index (χ2v) is 5.74. The van der Waals surface area contributed by atoms with Gasteiger partial charge in [-0.25, -0.2) is 14.8 Å². The number of hydrogen-bond donors (Lipinski definition) is 2. The number of aliphatic hydroxyl groups excluding tert-OH is 1. The maximum atomic E-state index is 12.0. The molecule has 6 nitrogen and oxygen atoms in total. The molecule has 0 atom stereocenters. The van der Waals surface area contributed by atoms with Gasteiger partial charge in [0.2, 0.25) is 0 Å². The van der Waals surface area contributed by atoms with E-state index in [1.807, 2.05) is 13.8 Å². The molecule has 0 saturated carbocycles. The number of aliphatic imine (C=N–C) groups is 1. The first-order valence-electron chi connectivity index (χ1n) is 6.48. The molecule has 1 aromatic heterocycles. The highest BCUT2D eigenvalue weighted by Crippen LogP contribution is 2.35. The Kier molecular flexibility index (Phi) is 3.88. The number of nitrogens with zero attached hydrogens (tertiary/aromatic N) is 2. The van der Waals surface area contributed by atoms with Crippen molar-refractivity contribution in [1.82, 2.24) is 4.98 Å². The first-order chi connectivity index (χ1) is 9.80. The summed E-state index contributed by atoms with van der Waals surface area (Å²) in [5.41, 5.74) is -0.218. The standard InChI is InChI=1S/C15H16N2O4/c1-15(2)6-11(18)10(12(19)7-15)8-17-13-9(14(20)21)4-3-5-16-13/h3-5,8,18H,6-7H2,1-2H3,(H,20,21)/b17-8+. The van der Waals surface area contributed by atoms with Gasteiger partial charge in [-0.05, 0) is 17.5 Å². The molecule has 0 saturated heterocycles. The highest BCUT2D eigenvalue weighted by atomic mass is 16.4. The molecule has 110 valence electrons. The maximum absolute atomic E-state index is 12.0. The molecule has 0 aromatic carbocycles. The van der Waals surface area contributed by atoms with Crippen molar-refractivity contribution in [1.29, 1.82) is 0 Å². The minimum atomic E-state index is -1.15. The lowest BCUT2D eigenvalue weighted by Gasteiger charge is -2.28. The third kappa shape index (κ3) is 3.34.